The first-order valence-electron chi connectivity index (χ1n) is 6.76. The van der Waals surface area contributed by atoms with Gasteiger partial charge in [-0.3, -0.25) is 4.79 Å². The summed E-state index contributed by atoms with van der Waals surface area (Å²) in [6, 6.07) is 5.98. The van der Waals surface area contributed by atoms with E-state index in [-0.39, 0.29) is 23.0 Å². The summed E-state index contributed by atoms with van der Waals surface area (Å²) in [5.41, 5.74) is 6.07. The number of amides is 1. The van der Waals surface area contributed by atoms with Crippen LogP contribution in [-0.2, 0) is 14.6 Å². The van der Waals surface area contributed by atoms with Crippen LogP contribution in [0.2, 0.25) is 0 Å². The standard InChI is InChI=1S/C14H20N2O4S/c1-10-8-16(9-12(7-15)20-10)14(17)11-3-5-13(6-4-11)21(2,18)19/h3-6,10,12H,7-9,15H2,1-2H3. The number of carbonyl (C=O) groups excluding carboxylic acids is 1. The van der Waals surface area contributed by atoms with Crippen LogP contribution < -0.4 is 5.73 Å². The number of nitrogens with zero attached hydrogens (tertiary/aromatic N) is 1. The highest BCUT2D eigenvalue weighted by atomic mass is 32.2. The lowest BCUT2D eigenvalue weighted by Gasteiger charge is -2.36. The maximum Gasteiger partial charge on any atom is 0.254 e. The van der Waals surface area contributed by atoms with E-state index in [1.54, 1.807) is 4.90 Å². The first-order chi connectivity index (χ1) is 9.81. The van der Waals surface area contributed by atoms with Gasteiger partial charge in [0.2, 0.25) is 0 Å². The van der Waals surface area contributed by atoms with E-state index in [2.05, 4.69) is 0 Å². The van der Waals surface area contributed by atoms with Gasteiger partial charge in [0, 0.05) is 31.5 Å². The molecule has 21 heavy (non-hydrogen) atoms. The molecular weight excluding hydrogens is 292 g/mol. The van der Waals surface area contributed by atoms with Crippen LogP contribution >= 0.6 is 0 Å². The zero-order valence-electron chi connectivity index (χ0n) is 12.2. The first kappa shape index (κ1) is 15.9. The van der Waals surface area contributed by atoms with E-state index in [0.717, 1.165) is 6.26 Å². The Morgan fingerprint density at radius 3 is 2.48 bits per heavy atom. The Bertz CT molecular complexity index is 612. The molecule has 1 amide bonds. The van der Waals surface area contributed by atoms with E-state index in [1.807, 2.05) is 6.92 Å². The molecule has 116 valence electrons. The Morgan fingerprint density at radius 2 is 1.95 bits per heavy atom. The van der Waals surface area contributed by atoms with Gasteiger partial charge < -0.3 is 15.4 Å². The minimum Gasteiger partial charge on any atom is -0.370 e. The monoisotopic (exact) mass is 312 g/mol. The van der Waals surface area contributed by atoms with Crippen LogP contribution in [0.15, 0.2) is 29.2 Å². The Labute approximate surface area is 124 Å². The predicted molar refractivity (Wildman–Crippen MR) is 78.8 cm³/mol. The van der Waals surface area contributed by atoms with Crippen LogP contribution in [0.3, 0.4) is 0 Å². The molecule has 2 rings (SSSR count). The molecule has 7 heteroatoms. The highest BCUT2D eigenvalue weighted by molar-refractivity contribution is 7.90. The van der Waals surface area contributed by atoms with Crippen molar-refractivity contribution in [3.8, 4) is 0 Å². The van der Waals surface area contributed by atoms with Crippen molar-refractivity contribution in [2.75, 3.05) is 25.9 Å². The zero-order chi connectivity index (χ0) is 15.6. The Balaban J connectivity index is 2.16. The molecule has 1 heterocycles. The van der Waals surface area contributed by atoms with Gasteiger partial charge in [-0.05, 0) is 31.2 Å². The number of nitrogens with two attached hydrogens (primary N) is 1. The number of sulfone groups is 1. The number of morpholine rings is 1. The summed E-state index contributed by atoms with van der Waals surface area (Å²) in [5.74, 6) is -0.136. The number of hydrogen-bond acceptors (Lipinski definition) is 5. The average Bonchev–Trinajstić information content (AvgIpc) is 2.45. The van der Waals surface area contributed by atoms with Crippen LogP contribution in [0.1, 0.15) is 17.3 Å². The molecule has 0 aliphatic carbocycles. The summed E-state index contributed by atoms with van der Waals surface area (Å²) in [4.78, 5) is 14.3. The molecule has 1 fully saturated rings. The molecule has 1 aliphatic rings. The van der Waals surface area contributed by atoms with Crippen molar-refractivity contribution in [3.63, 3.8) is 0 Å². The maximum absolute atomic E-state index is 12.4. The Morgan fingerprint density at radius 1 is 1.33 bits per heavy atom. The van der Waals surface area contributed by atoms with Gasteiger partial charge in [0.25, 0.3) is 5.91 Å². The average molecular weight is 312 g/mol. The van der Waals surface area contributed by atoms with Crippen LogP contribution in [0.25, 0.3) is 0 Å². The Hall–Kier alpha value is -1.44. The molecule has 2 N–H and O–H groups in total. The minimum absolute atomic E-state index is 0.0634. The fourth-order valence-electron chi connectivity index (χ4n) is 2.37. The quantitative estimate of drug-likeness (QED) is 0.866. The minimum atomic E-state index is -3.25. The lowest BCUT2D eigenvalue weighted by atomic mass is 10.1. The molecule has 6 nitrogen and oxygen atoms in total. The topological polar surface area (TPSA) is 89.7 Å². The summed E-state index contributed by atoms with van der Waals surface area (Å²) >= 11 is 0. The van der Waals surface area contributed by atoms with E-state index in [4.69, 9.17) is 10.5 Å². The van der Waals surface area contributed by atoms with Gasteiger partial charge in [-0.15, -0.1) is 0 Å². The lowest BCUT2D eigenvalue weighted by Crippen LogP contribution is -2.51. The highest BCUT2D eigenvalue weighted by Crippen LogP contribution is 2.16. The molecule has 1 aliphatic heterocycles. The third-order valence-corrected chi connectivity index (χ3v) is 4.53. The normalized spacial score (nSPS) is 23.1. The lowest BCUT2D eigenvalue weighted by molar-refractivity contribution is -0.0625. The van der Waals surface area contributed by atoms with Crippen molar-refractivity contribution in [2.24, 2.45) is 5.73 Å². The molecule has 2 unspecified atom stereocenters. The van der Waals surface area contributed by atoms with Crippen molar-refractivity contribution in [1.29, 1.82) is 0 Å². The van der Waals surface area contributed by atoms with Crippen LogP contribution in [0.4, 0.5) is 0 Å². The Kier molecular flexibility index (Phi) is 4.65. The fraction of sp³-hybridized carbons (Fsp3) is 0.500. The fourth-order valence-corrected chi connectivity index (χ4v) is 3.00. The van der Waals surface area contributed by atoms with Crippen molar-refractivity contribution in [1.82, 2.24) is 4.90 Å². The van der Waals surface area contributed by atoms with E-state index < -0.39 is 9.84 Å². The molecule has 0 bridgehead atoms. The number of carbonyl (C=O) groups is 1. The third kappa shape index (κ3) is 3.81. The molecule has 0 radical (unpaired) electrons. The summed E-state index contributed by atoms with van der Waals surface area (Å²) in [6.07, 6.45) is 0.916. The van der Waals surface area contributed by atoms with Gasteiger partial charge in [0.1, 0.15) is 0 Å². The number of benzene rings is 1. The van der Waals surface area contributed by atoms with Crippen LogP contribution in [-0.4, -0.2) is 57.3 Å². The van der Waals surface area contributed by atoms with E-state index in [0.29, 0.717) is 25.2 Å². The van der Waals surface area contributed by atoms with E-state index >= 15 is 0 Å². The molecule has 1 aromatic carbocycles. The molecule has 2 atom stereocenters. The van der Waals surface area contributed by atoms with Gasteiger partial charge in [-0.1, -0.05) is 0 Å². The van der Waals surface area contributed by atoms with Crippen LogP contribution in [0.5, 0.6) is 0 Å². The zero-order valence-corrected chi connectivity index (χ0v) is 13.0. The summed E-state index contributed by atoms with van der Waals surface area (Å²) < 4.78 is 28.4. The second-order valence-corrected chi connectivity index (χ2v) is 7.33. The van der Waals surface area contributed by atoms with E-state index in [9.17, 15) is 13.2 Å². The predicted octanol–water partition coefficient (Wildman–Crippen LogP) is 0.278. The second kappa shape index (κ2) is 6.13. The first-order valence-corrected chi connectivity index (χ1v) is 8.65. The van der Waals surface area contributed by atoms with Gasteiger partial charge >= 0.3 is 0 Å². The molecule has 0 saturated carbocycles. The molecule has 1 aromatic rings. The molecule has 0 spiro atoms. The molecule has 0 aromatic heterocycles. The molecule has 1 saturated heterocycles. The largest absolute Gasteiger partial charge is 0.370 e. The van der Waals surface area contributed by atoms with Crippen molar-refractivity contribution >= 4 is 15.7 Å². The number of rotatable bonds is 3. The van der Waals surface area contributed by atoms with Gasteiger partial charge in [-0.25, -0.2) is 8.42 Å². The number of hydrogen-bond donors (Lipinski definition) is 1. The smallest absolute Gasteiger partial charge is 0.254 e. The SMILES string of the molecule is CC1CN(C(=O)c2ccc(S(C)(=O)=O)cc2)CC(CN)O1. The van der Waals surface area contributed by atoms with Gasteiger partial charge in [0.15, 0.2) is 9.84 Å². The third-order valence-electron chi connectivity index (χ3n) is 3.41. The number of ether oxygens (including phenoxy) is 1. The summed E-state index contributed by atoms with van der Waals surface area (Å²) in [5, 5.41) is 0. The van der Waals surface area contributed by atoms with Crippen molar-refractivity contribution in [3.05, 3.63) is 29.8 Å². The summed E-state index contributed by atoms with van der Waals surface area (Å²) in [7, 11) is -3.25. The second-order valence-electron chi connectivity index (χ2n) is 5.31. The highest BCUT2D eigenvalue weighted by Gasteiger charge is 2.28. The van der Waals surface area contributed by atoms with Gasteiger partial charge in [-0.2, -0.15) is 0 Å². The van der Waals surface area contributed by atoms with Crippen LogP contribution in [0, 0.1) is 0 Å². The van der Waals surface area contributed by atoms with E-state index in [1.165, 1.54) is 24.3 Å². The molecular formula is C14H20N2O4S. The van der Waals surface area contributed by atoms with Gasteiger partial charge in [0.05, 0.1) is 17.1 Å². The van der Waals surface area contributed by atoms with Crippen molar-refractivity contribution < 1.29 is 17.9 Å². The van der Waals surface area contributed by atoms with Crippen molar-refractivity contribution in [2.45, 2.75) is 24.0 Å². The summed E-state index contributed by atoms with van der Waals surface area (Å²) in [6.45, 7) is 3.21. The maximum atomic E-state index is 12.4.